The molecule has 2 aromatic heterocycles. The van der Waals surface area contributed by atoms with E-state index in [-0.39, 0.29) is 11.7 Å². The van der Waals surface area contributed by atoms with Gasteiger partial charge in [-0.25, -0.2) is 9.97 Å². The molecule has 0 aliphatic carbocycles. The van der Waals surface area contributed by atoms with E-state index in [1.807, 2.05) is 0 Å². The largest absolute Gasteiger partial charge is 0.573 e. The van der Waals surface area contributed by atoms with Gasteiger partial charge in [-0.2, -0.15) is 0 Å². The van der Waals surface area contributed by atoms with Crippen LogP contribution in [0, 0.1) is 0 Å². The summed E-state index contributed by atoms with van der Waals surface area (Å²) in [5, 5.41) is 6.37. The lowest BCUT2D eigenvalue weighted by Crippen LogP contribution is -2.27. The zero-order valence-corrected chi connectivity index (χ0v) is 20.2. The van der Waals surface area contributed by atoms with Gasteiger partial charge in [0.15, 0.2) is 5.13 Å². The van der Waals surface area contributed by atoms with Crippen LogP contribution in [0.25, 0.3) is 21.3 Å². The van der Waals surface area contributed by atoms with E-state index in [0.29, 0.717) is 52.1 Å². The van der Waals surface area contributed by atoms with Crippen LogP contribution in [0.4, 0.5) is 24.3 Å². The van der Waals surface area contributed by atoms with Crippen molar-refractivity contribution >= 4 is 55.8 Å². The van der Waals surface area contributed by atoms with Gasteiger partial charge in [0, 0.05) is 44.9 Å². The first kappa shape index (κ1) is 25.4. The summed E-state index contributed by atoms with van der Waals surface area (Å²) in [6.07, 6.45) is -2.27. The monoisotopic (exact) mass is 520 g/mol. The number of rotatable bonds is 10. The van der Waals surface area contributed by atoms with Gasteiger partial charge in [0.1, 0.15) is 5.75 Å². The molecule has 13 heteroatoms. The molecule has 0 aliphatic rings. The van der Waals surface area contributed by atoms with E-state index >= 15 is 0 Å². The summed E-state index contributed by atoms with van der Waals surface area (Å²) in [6.45, 7) is 1.32. The van der Waals surface area contributed by atoms with Gasteiger partial charge < -0.3 is 29.7 Å². The second-order valence-electron chi connectivity index (χ2n) is 7.62. The summed E-state index contributed by atoms with van der Waals surface area (Å²) in [5.41, 5.74) is 2.38. The van der Waals surface area contributed by atoms with E-state index in [0.717, 1.165) is 11.9 Å². The van der Waals surface area contributed by atoms with Crippen LogP contribution >= 0.6 is 11.3 Å². The topological polar surface area (TPSA) is 103 Å². The number of fused-ring (bicyclic) bond motifs is 2. The van der Waals surface area contributed by atoms with Crippen molar-refractivity contribution in [2.75, 3.05) is 32.1 Å². The predicted octanol–water partition coefficient (Wildman–Crippen LogP) is 4.66. The van der Waals surface area contributed by atoms with Crippen LogP contribution in [0.3, 0.4) is 0 Å². The molecule has 2 N–H and O–H groups in total. The fourth-order valence-electron chi connectivity index (χ4n) is 3.41. The van der Waals surface area contributed by atoms with Gasteiger partial charge in [-0.3, -0.25) is 4.79 Å². The number of alkyl halides is 3. The zero-order valence-electron chi connectivity index (χ0n) is 19.4. The number of benzene rings is 2. The van der Waals surface area contributed by atoms with Crippen LogP contribution in [0.15, 0.2) is 41.4 Å². The summed E-state index contributed by atoms with van der Waals surface area (Å²) < 4.78 is 49.2. The van der Waals surface area contributed by atoms with Gasteiger partial charge in [0.2, 0.25) is 5.95 Å². The van der Waals surface area contributed by atoms with Crippen molar-refractivity contribution in [1.29, 1.82) is 0 Å². The Morgan fingerprint density at radius 1 is 1.17 bits per heavy atom. The van der Waals surface area contributed by atoms with Gasteiger partial charge in [-0.15, -0.1) is 13.2 Å². The molecule has 9 nitrogen and oxygen atoms in total. The number of ether oxygens (including phenoxy) is 2. The number of aromatic nitrogens is 3. The van der Waals surface area contributed by atoms with Crippen molar-refractivity contribution in [3.05, 3.63) is 42.0 Å². The summed E-state index contributed by atoms with van der Waals surface area (Å²) in [7, 11) is 3.51. The number of hydrogen-bond donors (Lipinski definition) is 2. The molecule has 0 atom stereocenters. The van der Waals surface area contributed by atoms with Crippen LogP contribution in [0.1, 0.15) is 16.8 Å². The Kier molecular flexibility index (Phi) is 7.70. The fraction of sp³-hybridized carbons (Fsp3) is 0.304. The van der Waals surface area contributed by atoms with Crippen LogP contribution in [-0.2, 0) is 11.8 Å². The Bertz CT molecular complexity index is 1400. The molecule has 4 rings (SSSR count). The molecule has 0 aliphatic heterocycles. The smallest absolute Gasteiger partial charge is 0.406 e. The van der Waals surface area contributed by atoms with Crippen molar-refractivity contribution in [2.24, 2.45) is 12.0 Å². The summed E-state index contributed by atoms with van der Waals surface area (Å²) in [5.74, 6) is -0.0764. The predicted molar refractivity (Wildman–Crippen MR) is 132 cm³/mol. The quantitative estimate of drug-likeness (QED) is 0.233. The average molecular weight is 521 g/mol. The minimum absolute atomic E-state index is 0.237. The number of thiazole rings is 1. The van der Waals surface area contributed by atoms with Crippen molar-refractivity contribution in [1.82, 2.24) is 19.9 Å². The number of nitrogens with one attached hydrogen (secondary N) is 2. The number of carbonyl (C=O) groups is 1. The summed E-state index contributed by atoms with van der Waals surface area (Å²) in [4.78, 5) is 25.3. The van der Waals surface area contributed by atoms with Gasteiger partial charge >= 0.3 is 6.36 Å². The minimum Gasteiger partial charge on any atom is -0.406 e. The number of hydrogen-bond acceptors (Lipinski definition) is 8. The Hall–Kier alpha value is -3.71. The number of anilines is 2. The number of amides is 1. The molecule has 0 saturated carbocycles. The standard InChI is InChI=1S/C23H23F3N6O3S/c1-27-8-3-10-34-11-9-28-20(33)14-4-7-18-17(12-14)29-21(32(18)2)31-22-30-16-6-5-15(13-19(16)36-22)35-23(24,25)26/h4-8,12-13H,3,9-11H2,1-2H3,(H,28,33)(H,29,30,31)/b27-8+. The molecule has 2 aromatic carbocycles. The van der Waals surface area contributed by atoms with Crippen molar-refractivity contribution < 1.29 is 27.4 Å². The Balaban J connectivity index is 1.43. The first-order chi connectivity index (χ1) is 17.2. The van der Waals surface area contributed by atoms with Crippen molar-refractivity contribution in [3.8, 4) is 5.75 Å². The van der Waals surface area contributed by atoms with E-state index in [2.05, 4.69) is 30.3 Å². The van der Waals surface area contributed by atoms with Gasteiger partial charge in [-0.05, 0) is 30.3 Å². The maximum absolute atomic E-state index is 12.5. The summed E-state index contributed by atoms with van der Waals surface area (Å²) in [6, 6.07) is 9.16. The molecule has 0 unspecified atom stereocenters. The molecule has 1 amide bonds. The van der Waals surface area contributed by atoms with E-state index in [1.165, 1.54) is 29.5 Å². The molecule has 0 saturated heterocycles. The van der Waals surface area contributed by atoms with Crippen LogP contribution in [0.5, 0.6) is 5.75 Å². The van der Waals surface area contributed by atoms with Crippen LogP contribution in [-0.4, -0.2) is 59.8 Å². The van der Waals surface area contributed by atoms with E-state index in [4.69, 9.17) is 4.74 Å². The highest BCUT2D eigenvalue weighted by molar-refractivity contribution is 7.22. The Labute approximate surface area is 208 Å². The first-order valence-corrected chi connectivity index (χ1v) is 11.7. The van der Waals surface area contributed by atoms with Crippen LogP contribution < -0.4 is 15.4 Å². The van der Waals surface area contributed by atoms with Gasteiger partial charge in [0.05, 0.1) is 34.5 Å². The molecule has 190 valence electrons. The Morgan fingerprint density at radius 3 is 2.78 bits per heavy atom. The van der Waals surface area contributed by atoms with Gasteiger partial charge in [-0.1, -0.05) is 11.3 Å². The molecular formula is C23H23F3N6O3S. The average Bonchev–Trinajstić information content (AvgIpc) is 3.36. The third-order valence-corrected chi connectivity index (χ3v) is 5.99. The highest BCUT2D eigenvalue weighted by Crippen LogP contribution is 2.33. The van der Waals surface area contributed by atoms with Crippen molar-refractivity contribution in [3.63, 3.8) is 0 Å². The third kappa shape index (κ3) is 6.29. The van der Waals surface area contributed by atoms with E-state index in [1.54, 1.807) is 43.1 Å². The second kappa shape index (κ2) is 10.9. The molecule has 0 bridgehead atoms. The molecule has 0 fully saturated rings. The Morgan fingerprint density at radius 2 is 2.00 bits per heavy atom. The maximum atomic E-state index is 12.5. The highest BCUT2D eigenvalue weighted by Gasteiger charge is 2.31. The van der Waals surface area contributed by atoms with Crippen LogP contribution in [0.2, 0.25) is 0 Å². The molecule has 2 heterocycles. The number of carbonyl (C=O) groups excluding carboxylic acids is 1. The minimum atomic E-state index is -4.76. The first-order valence-electron chi connectivity index (χ1n) is 10.9. The normalized spacial score (nSPS) is 12.0. The lowest BCUT2D eigenvalue weighted by atomic mass is 10.2. The number of aliphatic imine (C=N–C) groups is 1. The molecule has 0 radical (unpaired) electrons. The highest BCUT2D eigenvalue weighted by atomic mass is 32.1. The third-order valence-electron chi connectivity index (χ3n) is 5.06. The molecule has 0 spiro atoms. The summed E-state index contributed by atoms with van der Waals surface area (Å²) >= 11 is 1.17. The lowest BCUT2D eigenvalue weighted by molar-refractivity contribution is -0.274. The van der Waals surface area contributed by atoms with Gasteiger partial charge in [0.25, 0.3) is 5.91 Å². The second-order valence-corrected chi connectivity index (χ2v) is 8.65. The maximum Gasteiger partial charge on any atom is 0.573 e. The van der Waals surface area contributed by atoms with E-state index < -0.39 is 6.36 Å². The molecule has 4 aromatic rings. The molecular weight excluding hydrogens is 497 g/mol. The SMILES string of the molecule is C/N=C/CCOCCNC(=O)c1ccc2c(c1)nc(Nc1nc3ccc(OC(F)(F)F)cc3s1)n2C. The number of nitrogens with zero attached hydrogens (tertiary/aromatic N) is 4. The number of halogens is 3. The fourth-order valence-corrected chi connectivity index (χ4v) is 4.30. The number of imidazole rings is 1. The van der Waals surface area contributed by atoms with Crippen molar-refractivity contribution in [2.45, 2.75) is 12.8 Å². The zero-order chi connectivity index (χ0) is 25.7. The number of aryl methyl sites for hydroxylation is 1. The molecule has 36 heavy (non-hydrogen) atoms. The lowest BCUT2D eigenvalue weighted by Gasteiger charge is -2.07. The van der Waals surface area contributed by atoms with E-state index in [9.17, 15) is 18.0 Å².